The molecule has 0 saturated carbocycles. The fourth-order valence-corrected chi connectivity index (χ4v) is 19.4. The number of hydrogen-bond acceptors (Lipinski definition) is 31. The summed E-state index contributed by atoms with van der Waals surface area (Å²) in [6.45, 7) is 12.1. The van der Waals surface area contributed by atoms with Crippen LogP contribution in [0.5, 0.6) is 0 Å². The van der Waals surface area contributed by atoms with E-state index < -0.39 is 0 Å². The first kappa shape index (κ1) is 92.6. The number of nitrogens with zero attached hydrogens (tertiary/aromatic N) is 23. The maximum atomic E-state index is 13.0. The number of pyridine rings is 1. The van der Waals surface area contributed by atoms with Gasteiger partial charge in [0.1, 0.15) is 29.0 Å². The second kappa shape index (κ2) is 42.9. The van der Waals surface area contributed by atoms with Gasteiger partial charge in [-0.2, -0.15) is 40.3 Å². The molecule has 0 spiro atoms. The maximum Gasteiger partial charge on any atom is 0.273 e. The van der Waals surface area contributed by atoms with Crippen molar-refractivity contribution in [1.29, 1.82) is 0 Å². The fourth-order valence-electron chi connectivity index (χ4n) is 19.4. The Bertz CT molecular complexity index is 6590. The molecule has 141 heavy (non-hydrogen) atoms. The van der Waals surface area contributed by atoms with Gasteiger partial charge in [0.2, 0.25) is 35.6 Å². The van der Waals surface area contributed by atoms with Crippen LogP contribution in [0.4, 0.5) is 76.3 Å². The maximum absolute atomic E-state index is 13.0. The smallest absolute Gasteiger partial charge is 0.273 e. The number of amides is 3. The highest BCUT2D eigenvalue weighted by molar-refractivity contribution is 5.95. The van der Waals surface area contributed by atoms with Crippen LogP contribution in [-0.4, -0.2) is 233 Å². The zero-order valence-electron chi connectivity index (χ0n) is 79.2. The lowest BCUT2D eigenvalue weighted by atomic mass is 10.1. The minimum absolute atomic E-state index is 0.00468. The third-order valence-corrected chi connectivity index (χ3v) is 26.5. The molecule has 8 N–H and O–H groups in total. The number of fused-ring (bicyclic) bond motifs is 4. The van der Waals surface area contributed by atoms with Crippen molar-refractivity contribution in [3.05, 3.63) is 275 Å². The highest BCUT2D eigenvalue weighted by Crippen LogP contribution is 2.40. The number of nitrogens with one attached hydrogen (secondary N) is 8. The van der Waals surface area contributed by atoms with Gasteiger partial charge in [-0.1, -0.05) is 146 Å². The summed E-state index contributed by atoms with van der Waals surface area (Å²) >= 11 is 0. The van der Waals surface area contributed by atoms with Crippen molar-refractivity contribution in [3.8, 4) is 45.0 Å². The van der Waals surface area contributed by atoms with Crippen LogP contribution in [0.3, 0.4) is 0 Å². The summed E-state index contributed by atoms with van der Waals surface area (Å²) in [4.78, 5) is 106. The molecule has 4 fully saturated rings. The Balaban J connectivity index is 0.000000115. The van der Waals surface area contributed by atoms with Crippen LogP contribution >= 0.6 is 0 Å². The molecule has 8 aliphatic rings. The van der Waals surface area contributed by atoms with E-state index in [1.807, 2.05) is 181 Å². The molecule has 38 nitrogen and oxygen atoms in total. The number of methoxy groups -OCH3 is 4. The summed E-state index contributed by atoms with van der Waals surface area (Å²) in [5, 5.41) is 44.0. The van der Waals surface area contributed by atoms with Gasteiger partial charge >= 0.3 is 0 Å². The summed E-state index contributed by atoms with van der Waals surface area (Å²) in [5.41, 5.74) is 16.5. The monoisotopic (exact) mass is 1890 g/mol. The van der Waals surface area contributed by atoms with E-state index in [0.29, 0.717) is 161 Å². The Labute approximate surface area is 815 Å². The number of carbonyl (C=O) groups excluding carboxylic acids is 3. The Morgan fingerprint density at radius 1 is 0.326 bits per heavy atom. The molecule has 18 heterocycles. The van der Waals surface area contributed by atoms with Crippen molar-refractivity contribution < 1.29 is 33.3 Å². The molecular formula is C103H111N31O7. The average Bonchev–Trinajstić information content (AvgIpc) is 1.65. The van der Waals surface area contributed by atoms with E-state index in [0.717, 1.165) is 173 Å². The molecule has 4 saturated heterocycles. The van der Waals surface area contributed by atoms with Gasteiger partial charge in [-0.15, -0.1) is 0 Å². The topological polar surface area (TPSA) is 419 Å². The normalized spacial score (nSPS) is 17.0. The minimum atomic E-state index is -0.106. The van der Waals surface area contributed by atoms with Crippen molar-refractivity contribution in [2.75, 3.05) is 127 Å². The predicted molar refractivity (Wildman–Crippen MR) is 536 cm³/mol. The number of aromatic amines is 4. The van der Waals surface area contributed by atoms with Gasteiger partial charge in [-0.25, -0.2) is 29.9 Å². The van der Waals surface area contributed by atoms with Crippen LogP contribution in [0.1, 0.15) is 124 Å². The molecule has 4 atom stereocenters. The van der Waals surface area contributed by atoms with Gasteiger partial charge < -0.3 is 79.4 Å². The molecule has 5 aromatic carbocycles. The molecule has 0 aliphatic carbocycles. The van der Waals surface area contributed by atoms with Crippen molar-refractivity contribution >= 4 is 94.0 Å². The van der Waals surface area contributed by atoms with E-state index in [9.17, 15) is 14.4 Å². The Hall–Kier alpha value is -16.1. The van der Waals surface area contributed by atoms with Crippen molar-refractivity contribution in [1.82, 2.24) is 110 Å². The number of rotatable bonds is 27. The van der Waals surface area contributed by atoms with Crippen LogP contribution < -0.4 is 45.8 Å². The highest BCUT2D eigenvalue weighted by Gasteiger charge is 2.38. The third kappa shape index (κ3) is 21.0. The number of hydrogen-bond donors (Lipinski definition) is 8. The van der Waals surface area contributed by atoms with Gasteiger partial charge in [-0.3, -0.25) is 39.8 Å². The van der Waals surface area contributed by atoms with Crippen LogP contribution in [0.2, 0.25) is 0 Å². The first-order chi connectivity index (χ1) is 69.3. The Morgan fingerprint density at radius 3 is 0.965 bits per heavy atom. The van der Waals surface area contributed by atoms with Crippen molar-refractivity contribution in [3.63, 3.8) is 0 Å². The molecule has 10 aromatic heterocycles. The second-order valence-electron chi connectivity index (χ2n) is 35.8. The molecule has 720 valence electrons. The molecule has 0 unspecified atom stereocenters. The van der Waals surface area contributed by atoms with E-state index in [1.165, 1.54) is 0 Å². The molecule has 38 heteroatoms. The quantitative estimate of drug-likeness (QED) is 0.0237. The Morgan fingerprint density at radius 2 is 0.631 bits per heavy atom. The molecular weight excluding hydrogens is 1780 g/mol. The largest absolute Gasteiger partial charge is 0.383 e. The first-order valence-corrected chi connectivity index (χ1v) is 47.7. The van der Waals surface area contributed by atoms with Gasteiger partial charge in [0.25, 0.3) is 11.8 Å². The zero-order chi connectivity index (χ0) is 96.1. The summed E-state index contributed by atoms with van der Waals surface area (Å²) in [7, 11) is 6.93. The van der Waals surface area contributed by atoms with Crippen LogP contribution in [0.25, 0.3) is 45.0 Å². The van der Waals surface area contributed by atoms with E-state index >= 15 is 0 Å². The second-order valence-corrected chi connectivity index (χ2v) is 35.8. The molecule has 0 bridgehead atoms. The summed E-state index contributed by atoms with van der Waals surface area (Å²) in [5.74, 6) is 8.88. The van der Waals surface area contributed by atoms with E-state index in [4.69, 9.17) is 58.8 Å². The zero-order valence-corrected chi connectivity index (χ0v) is 79.2. The summed E-state index contributed by atoms with van der Waals surface area (Å²) < 4.78 is 21.8. The molecule has 23 rings (SSSR count). The van der Waals surface area contributed by atoms with Crippen LogP contribution in [0.15, 0.2) is 219 Å². The summed E-state index contributed by atoms with van der Waals surface area (Å²) in [6.07, 6.45) is 13.7. The van der Waals surface area contributed by atoms with Crippen molar-refractivity contribution in [2.24, 2.45) is 0 Å². The van der Waals surface area contributed by atoms with Gasteiger partial charge in [0.15, 0.2) is 23.3 Å². The number of ether oxygens (including phenoxy) is 4. The predicted octanol–water partition coefficient (Wildman–Crippen LogP) is 14.8. The minimum Gasteiger partial charge on any atom is -0.383 e. The van der Waals surface area contributed by atoms with Crippen LogP contribution in [0, 0.1) is 0 Å². The van der Waals surface area contributed by atoms with Crippen LogP contribution in [-0.2, 0) is 76.1 Å². The SMILES string of the molecule is COC[C@@H]1CCCN1c1nc(Nc2n[nH]c3c2CN(C(=O)c2ccccc2)C3)cc(-c2ccccc2)n1.COC[C@@H]1CCCN1c1nc(Nc2n[nH]c3c2CN(C(=O)c2ccccn2)C3)cc(-c2ccccc2)n1.COC[C@@H]1CCCN1c1nc(Nc2n[nH]c3c2CN(C(C)=O)C3)cc(-c2ccccc2)n1.COC[C@@H]1CCCN1c1nc(Nc2n[nH]c3c2CN(c2ncccn2)C3)cc(-c2ccccc2)n1. The number of anilines is 13. The molecule has 0 radical (unpaired) electrons. The van der Waals surface area contributed by atoms with Crippen molar-refractivity contribution in [2.45, 2.75) is 135 Å². The van der Waals surface area contributed by atoms with Gasteiger partial charge in [0.05, 0.1) is 149 Å². The molecule has 3 amide bonds. The molecule has 15 aromatic rings. The van der Waals surface area contributed by atoms with E-state index in [-0.39, 0.29) is 41.9 Å². The third-order valence-electron chi connectivity index (χ3n) is 26.5. The van der Waals surface area contributed by atoms with E-state index in [1.54, 1.807) is 75.9 Å². The first-order valence-electron chi connectivity index (χ1n) is 47.7. The number of carbonyl (C=O) groups is 3. The van der Waals surface area contributed by atoms with E-state index in [2.05, 4.69) is 114 Å². The molecule has 8 aliphatic heterocycles. The lowest BCUT2D eigenvalue weighted by Crippen LogP contribution is -2.34. The lowest BCUT2D eigenvalue weighted by molar-refractivity contribution is -0.129. The lowest BCUT2D eigenvalue weighted by Gasteiger charge is -2.25. The number of aromatic nitrogens is 19. The average molecular weight is 1900 g/mol. The van der Waals surface area contributed by atoms with Gasteiger partial charge in [0, 0.05) is 154 Å². The number of H-pyrrole nitrogens is 4. The highest BCUT2D eigenvalue weighted by atomic mass is 16.5. The van der Waals surface area contributed by atoms with Gasteiger partial charge in [-0.05, 0) is 81.7 Å². The standard InChI is InChI=1S/C28H29N7O2.C27H28N8O2.C25H27N9O.C23H27N7O2/c1-37-18-21-13-8-14-35(21)28-29-23(19-9-4-2-5-10-19)15-25(31-28)30-26-22-16-34(17-24(22)32-33-26)27(36)20-11-6-3-7-12-20;1-37-17-19-10-7-13-35(19)27-29-22(18-8-3-2-4-9-18)14-24(31-27)30-25-20-15-34(16-23(20)32-33-25)26(36)21-11-5-6-12-28-21;1-35-16-18-9-5-12-34(18)25-28-20(17-7-3-2-4-8-17)13-22(30-25)29-23-19-14-33(15-21(19)31-32-23)24-26-10-6-11-27-24;1-15(31)29-12-18-20(13-29)27-28-22(18)25-21-11-19(16-7-4-3-5-8-16)24-23(26-21)30-10-6-9-17(30)14-32-2/h2-7,9-12,15,21H,8,13-14,16-18H2,1H3,(H2,29,30,31,32,33);2-6,8-9,11-12,14,19H,7,10,13,15-17H2,1H3,(H2,29,30,31,32,33);2-4,6-8,10-11,13,18H,5,9,12,14-16H2,1H3,(H2,28,29,30,31,32);3-5,7-8,11,17H,6,9-10,12-14H2,1-2H3,(H2,24,25,26,27,28)/t21-;19-;18-;17-/m0000/s1. The summed E-state index contributed by atoms with van der Waals surface area (Å²) in [6, 6.07) is 65.8. The number of benzene rings is 5. The Kier molecular flexibility index (Phi) is 28.2. The fraction of sp³-hybridized carbons (Fsp3) is 0.320.